The first-order chi connectivity index (χ1) is 11.1. The molecule has 0 atom stereocenters. The highest BCUT2D eigenvalue weighted by atomic mass is 35.5. The quantitative estimate of drug-likeness (QED) is 0.692. The van der Waals surface area contributed by atoms with Crippen LogP contribution in [0.3, 0.4) is 0 Å². The van der Waals surface area contributed by atoms with E-state index in [0.29, 0.717) is 6.54 Å². The highest BCUT2D eigenvalue weighted by molar-refractivity contribution is 7.18. The number of amides is 1. The minimum absolute atomic E-state index is 0.103. The molecular weight excluding hydrogens is 335 g/mol. The average Bonchev–Trinajstić information content (AvgIpc) is 2.94. The van der Waals surface area contributed by atoms with Crippen LogP contribution in [0.25, 0.3) is 10.2 Å². The van der Waals surface area contributed by atoms with Crippen LogP contribution in [-0.4, -0.2) is 17.4 Å². The molecule has 1 aromatic heterocycles. The third kappa shape index (κ3) is 3.68. The second kappa shape index (κ2) is 7.06. The van der Waals surface area contributed by atoms with Gasteiger partial charge in [-0.1, -0.05) is 29.8 Å². The molecule has 3 nitrogen and oxygen atoms in total. The highest BCUT2D eigenvalue weighted by Gasteiger charge is 2.15. The Kier molecular flexibility index (Phi) is 4.88. The number of carbonyl (C=O) groups is 1. The Hall–Kier alpha value is -1.98. The molecule has 1 N–H and O–H groups in total. The van der Waals surface area contributed by atoms with Crippen molar-refractivity contribution in [1.29, 1.82) is 0 Å². The predicted octanol–water partition coefficient (Wildman–Crippen LogP) is 4.45. The van der Waals surface area contributed by atoms with Crippen LogP contribution in [0.15, 0.2) is 42.5 Å². The van der Waals surface area contributed by atoms with Gasteiger partial charge in [0.05, 0.1) is 25.8 Å². The number of carbonyl (C=O) groups excluding carboxylic acids is 1. The lowest BCUT2D eigenvalue weighted by Gasteiger charge is -2.07. The molecule has 3 rings (SSSR count). The maximum atomic E-state index is 13.6. The van der Waals surface area contributed by atoms with Crippen molar-refractivity contribution in [3.05, 3.63) is 63.9 Å². The van der Waals surface area contributed by atoms with Gasteiger partial charge < -0.3 is 5.32 Å². The molecule has 1 amide bonds. The van der Waals surface area contributed by atoms with Crippen LogP contribution >= 0.6 is 22.9 Å². The van der Waals surface area contributed by atoms with E-state index in [1.165, 1.54) is 18.2 Å². The molecule has 2 aromatic carbocycles. The van der Waals surface area contributed by atoms with E-state index >= 15 is 0 Å². The summed E-state index contributed by atoms with van der Waals surface area (Å²) < 4.78 is 14.8. The normalized spacial score (nSPS) is 10.9. The molecule has 0 radical (unpaired) electrons. The molecule has 0 unspecified atom stereocenters. The molecule has 23 heavy (non-hydrogen) atoms. The van der Waals surface area contributed by atoms with Gasteiger partial charge in [-0.25, -0.2) is 9.37 Å². The summed E-state index contributed by atoms with van der Waals surface area (Å²) in [5.41, 5.74) is 0.892. The van der Waals surface area contributed by atoms with E-state index in [-0.39, 0.29) is 10.6 Å². The van der Waals surface area contributed by atoms with Gasteiger partial charge in [0.25, 0.3) is 5.91 Å². The van der Waals surface area contributed by atoms with Crippen molar-refractivity contribution in [2.75, 3.05) is 6.54 Å². The number of rotatable bonds is 5. The number of hydrogen-bond acceptors (Lipinski definition) is 3. The third-order valence-electron chi connectivity index (χ3n) is 3.38. The average molecular weight is 349 g/mol. The van der Waals surface area contributed by atoms with Crippen LogP contribution in [-0.2, 0) is 6.42 Å². The summed E-state index contributed by atoms with van der Waals surface area (Å²) in [7, 11) is 0. The number of hydrogen-bond donors (Lipinski definition) is 1. The third-order valence-corrected chi connectivity index (χ3v) is 4.79. The van der Waals surface area contributed by atoms with Gasteiger partial charge >= 0.3 is 0 Å². The van der Waals surface area contributed by atoms with Crippen molar-refractivity contribution >= 4 is 39.1 Å². The number of nitrogens with zero attached hydrogens (tertiary/aromatic N) is 1. The van der Waals surface area contributed by atoms with E-state index in [1.807, 2.05) is 24.3 Å². The van der Waals surface area contributed by atoms with Crippen LogP contribution in [0.5, 0.6) is 0 Å². The van der Waals surface area contributed by atoms with E-state index < -0.39 is 11.7 Å². The second-order valence-electron chi connectivity index (χ2n) is 5.03. The van der Waals surface area contributed by atoms with Gasteiger partial charge in [0.15, 0.2) is 0 Å². The Morgan fingerprint density at radius 1 is 1.22 bits per heavy atom. The summed E-state index contributed by atoms with van der Waals surface area (Å²) in [5.74, 6) is -1.10. The molecule has 6 heteroatoms. The Morgan fingerprint density at radius 3 is 2.83 bits per heavy atom. The van der Waals surface area contributed by atoms with Gasteiger partial charge in [-0.15, -0.1) is 11.3 Å². The first-order valence-corrected chi connectivity index (χ1v) is 8.41. The first-order valence-electron chi connectivity index (χ1n) is 7.22. The number of nitrogens with one attached hydrogen (secondary N) is 1. The molecule has 0 saturated heterocycles. The maximum absolute atomic E-state index is 13.6. The van der Waals surface area contributed by atoms with Crippen molar-refractivity contribution in [3.8, 4) is 0 Å². The van der Waals surface area contributed by atoms with Crippen molar-refractivity contribution in [3.63, 3.8) is 0 Å². The molecule has 0 aliphatic carbocycles. The van der Waals surface area contributed by atoms with Gasteiger partial charge in [-0.05, 0) is 30.7 Å². The molecule has 3 aromatic rings. The molecule has 0 aliphatic heterocycles. The van der Waals surface area contributed by atoms with E-state index in [4.69, 9.17) is 11.6 Å². The topological polar surface area (TPSA) is 42.0 Å². The first kappa shape index (κ1) is 15.9. The van der Waals surface area contributed by atoms with Crippen LogP contribution < -0.4 is 5.32 Å². The zero-order valence-electron chi connectivity index (χ0n) is 12.2. The molecule has 0 bridgehead atoms. The number of halogens is 2. The highest BCUT2D eigenvalue weighted by Crippen LogP contribution is 2.22. The van der Waals surface area contributed by atoms with E-state index in [2.05, 4.69) is 10.3 Å². The molecule has 0 saturated carbocycles. The maximum Gasteiger partial charge on any atom is 0.255 e. The number of aryl methyl sites for hydroxylation is 1. The SMILES string of the molecule is O=C(NCCCc1nc2ccccc2s1)c1c(F)cccc1Cl. The van der Waals surface area contributed by atoms with Crippen LogP contribution in [0.1, 0.15) is 21.8 Å². The standard InChI is InChI=1S/C17H14ClFN2OS/c18-11-5-3-6-12(19)16(11)17(22)20-10-4-9-15-21-13-7-1-2-8-14(13)23-15/h1-3,5-8H,4,9-10H2,(H,20,22). The Morgan fingerprint density at radius 2 is 2.04 bits per heavy atom. The van der Waals surface area contributed by atoms with E-state index in [9.17, 15) is 9.18 Å². The second-order valence-corrected chi connectivity index (χ2v) is 6.55. The predicted molar refractivity (Wildman–Crippen MR) is 91.7 cm³/mol. The summed E-state index contributed by atoms with van der Waals surface area (Å²) in [6.07, 6.45) is 1.50. The lowest BCUT2D eigenvalue weighted by atomic mass is 10.2. The Balaban J connectivity index is 1.54. The molecular formula is C17H14ClFN2OS. The number of benzene rings is 2. The fourth-order valence-corrected chi connectivity index (χ4v) is 3.53. The van der Waals surface area contributed by atoms with E-state index in [1.54, 1.807) is 11.3 Å². The molecule has 1 heterocycles. The molecule has 0 spiro atoms. The smallest absolute Gasteiger partial charge is 0.255 e. The minimum Gasteiger partial charge on any atom is -0.352 e. The number of aromatic nitrogens is 1. The van der Waals surface area contributed by atoms with E-state index in [0.717, 1.165) is 28.1 Å². The van der Waals surface area contributed by atoms with Gasteiger partial charge in [-0.3, -0.25) is 4.79 Å². The zero-order valence-corrected chi connectivity index (χ0v) is 13.8. The summed E-state index contributed by atoms with van der Waals surface area (Å²) in [4.78, 5) is 16.5. The summed E-state index contributed by atoms with van der Waals surface area (Å²) in [6, 6.07) is 12.2. The van der Waals surface area contributed by atoms with Crippen molar-refractivity contribution in [2.24, 2.45) is 0 Å². The van der Waals surface area contributed by atoms with Gasteiger partial charge in [-0.2, -0.15) is 0 Å². The Labute approximate surface area is 142 Å². The van der Waals surface area contributed by atoms with Crippen molar-refractivity contribution < 1.29 is 9.18 Å². The summed E-state index contributed by atoms with van der Waals surface area (Å²) >= 11 is 7.52. The fourth-order valence-electron chi connectivity index (χ4n) is 2.27. The largest absolute Gasteiger partial charge is 0.352 e. The van der Waals surface area contributed by atoms with Crippen LogP contribution in [0, 0.1) is 5.82 Å². The van der Waals surface area contributed by atoms with Crippen molar-refractivity contribution in [1.82, 2.24) is 10.3 Å². The van der Waals surface area contributed by atoms with Crippen LogP contribution in [0.2, 0.25) is 5.02 Å². The number of para-hydroxylation sites is 1. The lowest BCUT2D eigenvalue weighted by Crippen LogP contribution is -2.26. The van der Waals surface area contributed by atoms with Gasteiger partial charge in [0.1, 0.15) is 5.82 Å². The molecule has 118 valence electrons. The fraction of sp³-hybridized carbons (Fsp3) is 0.176. The van der Waals surface area contributed by atoms with Crippen molar-refractivity contribution in [2.45, 2.75) is 12.8 Å². The minimum atomic E-state index is -0.610. The van der Waals surface area contributed by atoms with Gasteiger partial charge in [0, 0.05) is 13.0 Å². The number of fused-ring (bicyclic) bond motifs is 1. The summed E-state index contributed by atoms with van der Waals surface area (Å²) in [5, 5.41) is 3.85. The van der Waals surface area contributed by atoms with Crippen LogP contribution in [0.4, 0.5) is 4.39 Å². The monoisotopic (exact) mass is 348 g/mol. The summed E-state index contributed by atoms with van der Waals surface area (Å²) in [6.45, 7) is 0.444. The molecule has 0 fully saturated rings. The zero-order chi connectivity index (χ0) is 16.2. The lowest BCUT2D eigenvalue weighted by molar-refractivity contribution is 0.0949. The van der Waals surface area contributed by atoms with Gasteiger partial charge in [0.2, 0.25) is 0 Å². The Bertz CT molecular complexity index is 796. The molecule has 0 aliphatic rings. The number of thiazole rings is 1.